The van der Waals surface area contributed by atoms with Crippen LogP contribution < -0.4 is 9.46 Å². The lowest BCUT2D eigenvalue weighted by Crippen LogP contribution is -2.27. The molecule has 0 aliphatic heterocycles. The molecule has 0 aromatic heterocycles. The summed E-state index contributed by atoms with van der Waals surface area (Å²) in [4.78, 5) is 10.8. The lowest BCUT2D eigenvalue weighted by Gasteiger charge is -2.16. The number of halogens is 1. The number of rotatable bonds is 6. The zero-order chi connectivity index (χ0) is 17.9. The summed E-state index contributed by atoms with van der Waals surface area (Å²) < 4.78 is 45.6. The summed E-state index contributed by atoms with van der Waals surface area (Å²) in [6.45, 7) is 1.60. The molecule has 0 saturated heterocycles. The van der Waals surface area contributed by atoms with Crippen LogP contribution in [-0.2, 0) is 10.0 Å². The summed E-state index contributed by atoms with van der Waals surface area (Å²) in [6.07, 6.45) is 0. The summed E-state index contributed by atoms with van der Waals surface area (Å²) >= 11 is 0. The maximum atomic E-state index is 13.0. The molecular weight excluding hydrogens is 337 g/mol. The number of carboxylic acid groups (broad SMARTS) is 1. The summed E-state index contributed by atoms with van der Waals surface area (Å²) in [6, 6.07) is 8.30. The lowest BCUT2D eigenvalue weighted by atomic mass is 10.1. The van der Waals surface area contributed by atoms with E-state index in [0.717, 1.165) is 6.07 Å². The molecule has 2 N–H and O–H groups in total. The van der Waals surface area contributed by atoms with E-state index in [2.05, 4.69) is 4.72 Å². The van der Waals surface area contributed by atoms with E-state index >= 15 is 0 Å². The van der Waals surface area contributed by atoms with Crippen LogP contribution in [0, 0.1) is 5.82 Å². The van der Waals surface area contributed by atoms with Crippen molar-refractivity contribution in [2.24, 2.45) is 0 Å². The minimum absolute atomic E-state index is 0.0267. The monoisotopic (exact) mass is 353 g/mol. The molecular formula is C16H16FNO5S. The van der Waals surface area contributed by atoms with Crippen molar-refractivity contribution in [3.63, 3.8) is 0 Å². The maximum Gasteiger partial charge on any atom is 0.335 e. The van der Waals surface area contributed by atoms with E-state index in [-0.39, 0.29) is 16.2 Å². The van der Waals surface area contributed by atoms with Gasteiger partial charge in [0, 0.05) is 6.04 Å². The highest BCUT2D eigenvalue weighted by Crippen LogP contribution is 2.26. The van der Waals surface area contributed by atoms with Crippen LogP contribution >= 0.6 is 0 Å². The molecule has 0 spiro atoms. The normalized spacial score (nSPS) is 12.6. The number of hydrogen-bond donors (Lipinski definition) is 2. The minimum atomic E-state index is -4.05. The minimum Gasteiger partial charge on any atom is -0.495 e. The van der Waals surface area contributed by atoms with E-state index in [0.29, 0.717) is 5.56 Å². The molecule has 6 nitrogen and oxygen atoms in total. The molecule has 0 unspecified atom stereocenters. The number of carboxylic acids is 1. The Kier molecular flexibility index (Phi) is 5.20. The van der Waals surface area contributed by atoms with Crippen LogP contribution in [0.25, 0.3) is 0 Å². The Balaban J connectivity index is 2.37. The first kappa shape index (κ1) is 17.9. The van der Waals surface area contributed by atoms with Crippen molar-refractivity contribution in [1.29, 1.82) is 0 Å². The average Bonchev–Trinajstić information content (AvgIpc) is 2.54. The van der Waals surface area contributed by atoms with Gasteiger partial charge in [0.1, 0.15) is 16.5 Å². The second-order valence-corrected chi connectivity index (χ2v) is 6.75. The highest BCUT2D eigenvalue weighted by atomic mass is 32.2. The zero-order valence-electron chi connectivity index (χ0n) is 13.0. The Morgan fingerprint density at radius 2 is 1.83 bits per heavy atom. The molecule has 0 saturated carbocycles. The molecule has 0 radical (unpaired) electrons. The predicted octanol–water partition coefficient (Wildman–Crippen LogP) is 2.57. The van der Waals surface area contributed by atoms with Gasteiger partial charge in [0.15, 0.2) is 0 Å². The van der Waals surface area contributed by atoms with Gasteiger partial charge in [-0.3, -0.25) is 0 Å². The summed E-state index contributed by atoms with van der Waals surface area (Å²) in [7, 11) is -2.76. The van der Waals surface area contributed by atoms with Crippen molar-refractivity contribution in [3.8, 4) is 5.75 Å². The number of hydrogen-bond acceptors (Lipinski definition) is 4. The highest BCUT2D eigenvalue weighted by molar-refractivity contribution is 7.89. The van der Waals surface area contributed by atoms with Crippen LogP contribution in [-0.4, -0.2) is 26.6 Å². The van der Waals surface area contributed by atoms with Gasteiger partial charge in [0.25, 0.3) is 0 Å². The summed E-state index contributed by atoms with van der Waals surface area (Å²) in [5.74, 6) is -1.65. The van der Waals surface area contributed by atoms with Gasteiger partial charge in [-0.15, -0.1) is 0 Å². The van der Waals surface area contributed by atoms with Gasteiger partial charge in [0.2, 0.25) is 10.0 Å². The standard InChI is InChI=1S/C16H16FNO5S/c1-10(11-3-6-13(17)7-4-11)18-24(21,22)15-9-12(16(19)20)5-8-14(15)23-2/h3-10,18H,1-2H3,(H,19,20)/t10-/m1/s1. The Bertz CT molecular complexity index is 849. The molecule has 0 fully saturated rings. The largest absolute Gasteiger partial charge is 0.495 e. The van der Waals surface area contributed by atoms with E-state index in [1.165, 1.54) is 43.5 Å². The fourth-order valence-electron chi connectivity index (χ4n) is 2.14. The fourth-order valence-corrected chi connectivity index (χ4v) is 3.56. The van der Waals surface area contributed by atoms with Crippen molar-refractivity contribution < 1.29 is 27.4 Å². The molecule has 8 heteroatoms. The van der Waals surface area contributed by atoms with E-state index < -0.39 is 27.9 Å². The van der Waals surface area contributed by atoms with Gasteiger partial charge in [0.05, 0.1) is 12.7 Å². The van der Waals surface area contributed by atoms with Gasteiger partial charge in [-0.25, -0.2) is 22.3 Å². The Hall–Kier alpha value is -2.45. The van der Waals surface area contributed by atoms with Crippen molar-refractivity contribution >= 4 is 16.0 Å². The molecule has 0 aliphatic rings. The van der Waals surface area contributed by atoms with Crippen LogP contribution in [0.3, 0.4) is 0 Å². The molecule has 0 heterocycles. The van der Waals surface area contributed by atoms with Crippen molar-refractivity contribution in [2.45, 2.75) is 17.9 Å². The lowest BCUT2D eigenvalue weighted by molar-refractivity contribution is 0.0696. The number of benzene rings is 2. The SMILES string of the molecule is COc1ccc(C(=O)O)cc1S(=O)(=O)N[C@H](C)c1ccc(F)cc1. The predicted molar refractivity (Wildman–Crippen MR) is 85.1 cm³/mol. The molecule has 1 atom stereocenters. The van der Waals surface area contributed by atoms with Gasteiger partial charge in [-0.1, -0.05) is 12.1 Å². The van der Waals surface area contributed by atoms with Gasteiger partial charge in [-0.2, -0.15) is 0 Å². The average molecular weight is 353 g/mol. The van der Waals surface area contributed by atoms with Crippen LogP contribution in [0.5, 0.6) is 5.75 Å². The van der Waals surface area contributed by atoms with Crippen LogP contribution in [0.15, 0.2) is 47.4 Å². The first-order valence-corrected chi connectivity index (χ1v) is 8.42. The third kappa shape index (κ3) is 3.90. The number of carbonyl (C=O) groups is 1. The topological polar surface area (TPSA) is 92.7 Å². The third-order valence-corrected chi connectivity index (χ3v) is 4.96. The van der Waals surface area contributed by atoms with E-state index in [1.807, 2.05) is 0 Å². The molecule has 2 aromatic rings. The third-order valence-electron chi connectivity index (χ3n) is 3.40. The van der Waals surface area contributed by atoms with Gasteiger partial charge < -0.3 is 9.84 Å². The number of ether oxygens (including phenoxy) is 1. The number of methoxy groups -OCH3 is 1. The summed E-state index contributed by atoms with van der Waals surface area (Å²) in [5.41, 5.74) is 0.388. The second-order valence-electron chi connectivity index (χ2n) is 5.07. The number of sulfonamides is 1. The van der Waals surface area contributed by atoms with Gasteiger partial charge in [-0.05, 0) is 42.8 Å². The maximum absolute atomic E-state index is 13.0. The zero-order valence-corrected chi connectivity index (χ0v) is 13.8. The van der Waals surface area contributed by atoms with Gasteiger partial charge >= 0.3 is 5.97 Å². The highest BCUT2D eigenvalue weighted by Gasteiger charge is 2.24. The fraction of sp³-hybridized carbons (Fsp3) is 0.188. The van der Waals surface area contributed by atoms with Crippen molar-refractivity contribution in [2.75, 3.05) is 7.11 Å². The molecule has 24 heavy (non-hydrogen) atoms. The molecule has 2 rings (SSSR count). The Morgan fingerprint density at radius 3 is 2.38 bits per heavy atom. The van der Waals surface area contributed by atoms with Crippen LogP contribution in [0.1, 0.15) is 28.9 Å². The van der Waals surface area contributed by atoms with E-state index in [4.69, 9.17) is 9.84 Å². The number of aromatic carboxylic acids is 1. The Labute approximate surface area is 138 Å². The molecule has 0 amide bonds. The Morgan fingerprint density at radius 1 is 1.21 bits per heavy atom. The molecule has 128 valence electrons. The first-order chi connectivity index (χ1) is 11.2. The summed E-state index contributed by atoms with van der Waals surface area (Å²) in [5, 5.41) is 9.03. The number of nitrogens with one attached hydrogen (secondary N) is 1. The smallest absolute Gasteiger partial charge is 0.335 e. The molecule has 0 aliphatic carbocycles. The quantitative estimate of drug-likeness (QED) is 0.833. The first-order valence-electron chi connectivity index (χ1n) is 6.93. The van der Waals surface area contributed by atoms with Crippen molar-refractivity contribution in [1.82, 2.24) is 4.72 Å². The second kappa shape index (κ2) is 6.98. The van der Waals surface area contributed by atoms with E-state index in [1.54, 1.807) is 6.92 Å². The van der Waals surface area contributed by atoms with Crippen LogP contribution in [0.2, 0.25) is 0 Å². The van der Waals surface area contributed by atoms with Crippen molar-refractivity contribution in [3.05, 3.63) is 59.4 Å². The van der Waals surface area contributed by atoms with Crippen LogP contribution in [0.4, 0.5) is 4.39 Å². The molecule has 2 aromatic carbocycles. The molecule has 0 bridgehead atoms. The van der Waals surface area contributed by atoms with E-state index in [9.17, 15) is 17.6 Å².